The van der Waals surface area contributed by atoms with Crippen LogP contribution in [0.25, 0.3) is 0 Å². The molecule has 0 spiro atoms. The molecular formula is C17H21N3. The average Bonchev–Trinajstić information content (AvgIpc) is 2.46. The number of fused-ring (bicyclic) bond motifs is 1. The fourth-order valence-corrected chi connectivity index (χ4v) is 2.79. The summed E-state index contributed by atoms with van der Waals surface area (Å²) in [6, 6.07) is 10.9. The van der Waals surface area contributed by atoms with Gasteiger partial charge in [-0.25, -0.2) is 4.98 Å². The van der Waals surface area contributed by atoms with Crippen molar-refractivity contribution in [1.82, 2.24) is 4.98 Å². The van der Waals surface area contributed by atoms with E-state index in [1.807, 2.05) is 13.1 Å². The van der Waals surface area contributed by atoms with Crippen LogP contribution in [0.4, 0.5) is 11.5 Å². The van der Waals surface area contributed by atoms with Crippen molar-refractivity contribution < 1.29 is 0 Å². The zero-order valence-corrected chi connectivity index (χ0v) is 12.1. The molecule has 2 aromatic rings. The van der Waals surface area contributed by atoms with E-state index >= 15 is 0 Å². The van der Waals surface area contributed by atoms with Crippen molar-refractivity contribution >= 4 is 11.5 Å². The fourth-order valence-electron chi connectivity index (χ4n) is 2.79. The predicted molar refractivity (Wildman–Crippen MR) is 83.3 cm³/mol. The van der Waals surface area contributed by atoms with E-state index in [4.69, 9.17) is 5.73 Å². The van der Waals surface area contributed by atoms with Gasteiger partial charge in [0.2, 0.25) is 0 Å². The van der Waals surface area contributed by atoms with Crippen LogP contribution in [0.15, 0.2) is 36.5 Å². The Morgan fingerprint density at radius 3 is 2.80 bits per heavy atom. The summed E-state index contributed by atoms with van der Waals surface area (Å²) >= 11 is 0. The van der Waals surface area contributed by atoms with Crippen molar-refractivity contribution in [3.8, 4) is 0 Å². The highest BCUT2D eigenvalue weighted by Gasteiger charge is 2.19. The number of aromatic nitrogens is 1. The van der Waals surface area contributed by atoms with E-state index in [2.05, 4.69) is 47.1 Å². The Kier molecular flexibility index (Phi) is 3.45. The Morgan fingerprint density at radius 1 is 1.25 bits per heavy atom. The smallest absolute Gasteiger partial charge is 0.132 e. The van der Waals surface area contributed by atoms with Gasteiger partial charge in [0.25, 0.3) is 0 Å². The number of rotatable bonds is 2. The van der Waals surface area contributed by atoms with Gasteiger partial charge in [0.1, 0.15) is 5.82 Å². The first kappa shape index (κ1) is 13.1. The number of nitrogens with zero attached hydrogens (tertiary/aromatic N) is 2. The molecule has 104 valence electrons. The van der Waals surface area contributed by atoms with Crippen LogP contribution in [-0.2, 0) is 6.42 Å². The van der Waals surface area contributed by atoms with Gasteiger partial charge in [-0.3, -0.25) is 0 Å². The average molecular weight is 267 g/mol. The first-order valence-corrected chi connectivity index (χ1v) is 7.24. The van der Waals surface area contributed by atoms with Crippen LogP contribution in [0, 0.1) is 6.92 Å². The number of hydrogen-bond acceptors (Lipinski definition) is 3. The molecule has 0 radical (unpaired) electrons. The molecule has 0 amide bonds. The van der Waals surface area contributed by atoms with Crippen LogP contribution in [0.2, 0.25) is 0 Å². The largest absolute Gasteiger partial charge is 0.326 e. The van der Waals surface area contributed by atoms with Gasteiger partial charge < -0.3 is 10.6 Å². The molecule has 2 N–H and O–H groups in total. The lowest BCUT2D eigenvalue weighted by Gasteiger charge is -2.30. The zero-order chi connectivity index (χ0) is 14.1. The molecule has 1 aromatic carbocycles. The second-order valence-electron chi connectivity index (χ2n) is 5.63. The molecule has 1 atom stereocenters. The highest BCUT2D eigenvalue weighted by atomic mass is 15.2. The van der Waals surface area contributed by atoms with Gasteiger partial charge in [0.05, 0.1) is 0 Å². The van der Waals surface area contributed by atoms with Crippen molar-refractivity contribution in [2.45, 2.75) is 32.7 Å². The monoisotopic (exact) mass is 267 g/mol. The molecule has 0 saturated carbocycles. The molecule has 3 rings (SSSR count). The van der Waals surface area contributed by atoms with Gasteiger partial charge in [-0.1, -0.05) is 23.8 Å². The third-order valence-corrected chi connectivity index (χ3v) is 3.93. The SMILES string of the molecule is Cc1ccc2c(c1)CCCN2c1ccc(C(C)N)cn1. The highest BCUT2D eigenvalue weighted by Crippen LogP contribution is 2.33. The number of anilines is 2. The lowest BCUT2D eigenvalue weighted by Crippen LogP contribution is -2.25. The minimum Gasteiger partial charge on any atom is -0.326 e. The van der Waals surface area contributed by atoms with Crippen molar-refractivity contribution in [3.05, 3.63) is 53.2 Å². The number of benzene rings is 1. The molecule has 1 aliphatic heterocycles. The third kappa shape index (κ3) is 2.41. The lowest BCUT2D eigenvalue weighted by atomic mass is 9.99. The van der Waals surface area contributed by atoms with Crippen LogP contribution in [-0.4, -0.2) is 11.5 Å². The molecule has 1 aromatic heterocycles. The van der Waals surface area contributed by atoms with Crippen LogP contribution in [0.3, 0.4) is 0 Å². The molecule has 0 bridgehead atoms. The molecule has 0 fully saturated rings. The van der Waals surface area contributed by atoms with Crippen molar-refractivity contribution in [2.24, 2.45) is 5.73 Å². The van der Waals surface area contributed by atoms with E-state index in [1.54, 1.807) is 0 Å². The van der Waals surface area contributed by atoms with Crippen LogP contribution < -0.4 is 10.6 Å². The number of pyridine rings is 1. The van der Waals surface area contributed by atoms with Gasteiger partial charge in [-0.05, 0) is 49.9 Å². The van der Waals surface area contributed by atoms with Crippen molar-refractivity contribution in [1.29, 1.82) is 0 Å². The van der Waals surface area contributed by atoms with Crippen molar-refractivity contribution in [2.75, 3.05) is 11.4 Å². The summed E-state index contributed by atoms with van der Waals surface area (Å²) in [7, 11) is 0. The number of hydrogen-bond donors (Lipinski definition) is 1. The molecule has 0 aliphatic carbocycles. The molecule has 1 aliphatic rings. The molecular weight excluding hydrogens is 246 g/mol. The fraction of sp³-hybridized carbons (Fsp3) is 0.353. The maximum atomic E-state index is 5.88. The summed E-state index contributed by atoms with van der Waals surface area (Å²) in [5.74, 6) is 1.01. The van der Waals surface area contributed by atoms with Gasteiger partial charge in [-0.2, -0.15) is 0 Å². The molecule has 20 heavy (non-hydrogen) atoms. The third-order valence-electron chi connectivity index (χ3n) is 3.93. The first-order valence-electron chi connectivity index (χ1n) is 7.24. The summed E-state index contributed by atoms with van der Waals surface area (Å²) in [6.07, 6.45) is 4.22. The van der Waals surface area contributed by atoms with Crippen LogP contribution in [0.1, 0.15) is 36.1 Å². The van der Waals surface area contributed by atoms with Crippen LogP contribution >= 0.6 is 0 Å². The van der Waals surface area contributed by atoms with E-state index in [0.717, 1.165) is 24.3 Å². The van der Waals surface area contributed by atoms with Gasteiger partial charge in [-0.15, -0.1) is 0 Å². The Morgan fingerprint density at radius 2 is 2.10 bits per heavy atom. The quantitative estimate of drug-likeness (QED) is 0.905. The topological polar surface area (TPSA) is 42.1 Å². The van der Waals surface area contributed by atoms with E-state index in [-0.39, 0.29) is 6.04 Å². The van der Waals surface area contributed by atoms with E-state index in [9.17, 15) is 0 Å². The molecule has 3 heteroatoms. The number of nitrogens with two attached hydrogens (primary N) is 1. The van der Waals surface area contributed by atoms with Gasteiger partial charge >= 0.3 is 0 Å². The van der Waals surface area contributed by atoms with E-state index in [0.29, 0.717) is 0 Å². The minimum atomic E-state index is 0.0350. The summed E-state index contributed by atoms with van der Waals surface area (Å²) in [5.41, 5.74) is 11.0. The second kappa shape index (κ2) is 5.25. The highest BCUT2D eigenvalue weighted by molar-refractivity contribution is 5.66. The summed E-state index contributed by atoms with van der Waals surface area (Å²) < 4.78 is 0. The maximum absolute atomic E-state index is 5.88. The first-order chi connectivity index (χ1) is 9.65. The normalized spacial score (nSPS) is 15.8. The lowest BCUT2D eigenvalue weighted by molar-refractivity contribution is 0.755. The molecule has 0 saturated heterocycles. The van der Waals surface area contributed by atoms with Crippen molar-refractivity contribution in [3.63, 3.8) is 0 Å². The Hall–Kier alpha value is -1.87. The minimum absolute atomic E-state index is 0.0350. The standard InChI is InChI=1S/C17H21N3/c1-12-5-7-16-14(10-12)4-3-9-20(16)17-8-6-15(11-19-17)13(2)18/h5-8,10-11,13H,3-4,9,18H2,1-2H3. The summed E-state index contributed by atoms with van der Waals surface area (Å²) in [5, 5.41) is 0. The number of aryl methyl sites for hydroxylation is 2. The van der Waals surface area contributed by atoms with Crippen LogP contribution in [0.5, 0.6) is 0 Å². The zero-order valence-electron chi connectivity index (χ0n) is 12.1. The molecule has 3 nitrogen and oxygen atoms in total. The Labute approximate surface area is 120 Å². The molecule has 1 unspecified atom stereocenters. The Balaban J connectivity index is 1.96. The maximum Gasteiger partial charge on any atom is 0.132 e. The second-order valence-corrected chi connectivity index (χ2v) is 5.63. The Bertz CT molecular complexity index is 602. The molecule has 2 heterocycles. The van der Waals surface area contributed by atoms with E-state index in [1.165, 1.54) is 23.2 Å². The summed E-state index contributed by atoms with van der Waals surface area (Å²) in [4.78, 5) is 6.90. The van der Waals surface area contributed by atoms with E-state index < -0.39 is 0 Å². The summed E-state index contributed by atoms with van der Waals surface area (Å²) in [6.45, 7) is 5.16. The van der Waals surface area contributed by atoms with Gasteiger partial charge in [0, 0.05) is 24.5 Å². The van der Waals surface area contributed by atoms with Gasteiger partial charge in [0.15, 0.2) is 0 Å². The predicted octanol–water partition coefficient (Wildman–Crippen LogP) is 3.49.